The molecular formula is C23H21NO6. The van der Waals surface area contributed by atoms with E-state index < -0.39 is 23.7 Å². The summed E-state index contributed by atoms with van der Waals surface area (Å²) in [5.74, 6) is -1.02. The number of carboxylic acids is 1. The summed E-state index contributed by atoms with van der Waals surface area (Å²) in [6.07, 6.45) is 0.224. The first kappa shape index (κ1) is 19.7. The molecule has 1 fully saturated rings. The molecular weight excluding hydrogens is 386 g/mol. The number of likely N-dealkylation sites (tertiary alicyclic amines) is 1. The van der Waals surface area contributed by atoms with Crippen LogP contribution in [-0.2, 0) is 9.59 Å². The normalized spacial score (nSPS) is 17.1. The maximum absolute atomic E-state index is 12.7. The van der Waals surface area contributed by atoms with Crippen molar-refractivity contribution in [2.75, 3.05) is 6.54 Å². The lowest BCUT2D eigenvalue weighted by Gasteiger charge is -2.25. The first-order chi connectivity index (χ1) is 14.4. The molecule has 154 valence electrons. The highest BCUT2D eigenvalue weighted by Crippen LogP contribution is 2.30. The van der Waals surface area contributed by atoms with Gasteiger partial charge in [-0.05, 0) is 43.0 Å². The van der Waals surface area contributed by atoms with Gasteiger partial charge in [-0.3, -0.25) is 4.79 Å². The molecule has 2 aromatic carbocycles. The number of benzene rings is 2. The quantitative estimate of drug-likeness (QED) is 0.652. The number of amides is 1. The molecule has 30 heavy (non-hydrogen) atoms. The Bertz CT molecular complexity index is 1150. The van der Waals surface area contributed by atoms with Crippen molar-refractivity contribution in [3.63, 3.8) is 0 Å². The van der Waals surface area contributed by atoms with Gasteiger partial charge in [-0.1, -0.05) is 30.3 Å². The van der Waals surface area contributed by atoms with E-state index in [1.165, 1.54) is 11.0 Å². The number of hydrogen-bond acceptors (Lipinski definition) is 5. The fourth-order valence-electron chi connectivity index (χ4n) is 3.85. The molecule has 0 aliphatic carbocycles. The maximum atomic E-state index is 12.7. The van der Waals surface area contributed by atoms with Crippen LogP contribution < -0.4 is 10.4 Å². The minimum atomic E-state index is -1.01. The number of ether oxygens (including phenoxy) is 1. The second-order valence-corrected chi connectivity index (χ2v) is 7.29. The van der Waals surface area contributed by atoms with Crippen LogP contribution in [0.5, 0.6) is 5.75 Å². The second-order valence-electron chi connectivity index (χ2n) is 7.29. The number of carbonyl (C=O) groups is 2. The molecule has 2 heterocycles. The Kier molecular flexibility index (Phi) is 5.27. The average Bonchev–Trinajstić information content (AvgIpc) is 3.23. The van der Waals surface area contributed by atoms with Gasteiger partial charge in [0.05, 0.1) is 0 Å². The van der Waals surface area contributed by atoms with E-state index in [1.807, 2.05) is 30.3 Å². The molecule has 0 spiro atoms. The molecule has 1 amide bonds. The molecule has 3 aromatic rings. The van der Waals surface area contributed by atoms with Gasteiger partial charge in [0, 0.05) is 24.1 Å². The SMILES string of the molecule is C[C@H](Oc1ccc2c(-c3ccccc3)cc(=O)oc2c1)C(=O)N1CCC[C@H]1C(=O)O. The lowest BCUT2D eigenvalue weighted by Crippen LogP contribution is -2.46. The number of carboxylic acid groups (broad SMARTS) is 1. The Morgan fingerprint density at radius 2 is 1.93 bits per heavy atom. The van der Waals surface area contributed by atoms with Crippen LogP contribution >= 0.6 is 0 Å². The van der Waals surface area contributed by atoms with Gasteiger partial charge in [-0.25, -0.2) is 9.59 Å². The minimum absolute atomic E-state index is 0.350. The zero-order valence-electron chi connectivity index (χ0n) is 16.4. The molecule has 1 aromatic heterocycles. The summed E-state index contributed by atoms with van der Waals surface area (Å²) in [7, 11) is 0. The van der Waals surface area contributed by atoms with E-state index in [0.717, 1.165) is 16.5 Å². The molecule has 1 aliphatic heterocycles. The third-order valence-corrected chi connectivity index (χ3v) is 5.28. The lowest BCUT2D eigenvalue weighted by atomic mass is 10.0. The molecule has 0 radical (unpaired) electrons. The average molecular weight is 407 g/mol. The minimum Gasteiger partial charge on any atom is -0.481 e. The van der Waals surface area contributed by atoms with Crippen molar-refractivity contribution in [3.05, 3.63) is 65.0 Å². The Hall–Kier alpha value is -3.61. The van der Waals surface area contributed by atoms with E-state index in [2.05, 4.69) is 0 Å². The fraction of sp³-hybridized carbons (Fsp3) is 0.261. The van der Waals surface area contributed by atoms with Crippen molar-refractivity contribution >= 4 is 22.8 Å². The van der Waals surface area contributed by atoms with Gasteiger partial charge < -0.3 is 19.2 Å². The highest BCUT2D eigenvalue weighted by atomic mass is 16.5. The summed E-state index contributed by atoms with van der Waals surface area (Å²) < 4.78 is 11.1. The first-order valence-corrected chi connectivity index (χ1v) is 9.77. The van der Waals surface area contributed by atoms with Gasteiger partial charge >= 0.3 is 11.6 Å². The van der Waals surface area contributed by atoms with Gasteiger partial charge in [0.2, 0.25) is 0 Å². The summed E-state index contributed by atoms with van der Waals surface area (Å²) in [6, 6.07) is 15.2. The van der Waals surface area contributed by atoms with Crippen LogP contribution in [0.25, 0.3) is 22.1 Å². The number of rotatable bonds is 5. The van der Waals surface area contributed by atoms with E-state index in [4.69, 9.17) is 9.15 Å². The van der Waals surface area contributed by atoms with Crippen molar-refractivity contribution in [2.45, 2.75) is 31.9 Å². The second kappa shape index (κ2) is 8.02. The number of aliphatic carboxylic acids is 1. The van der Waals surface area contributed by atoms with Gasteiger partial charge in [0.1, 0.15) is 17.4 Å². The molecule has 1 aliphatic rings. The van der Waals surface area contributed by atoms with Crippen molar-refractivity contribution in [3.8, 4) is 16.9 Å². The number of nitrogens with zero attached hydrogens (tertiary/aromatic N) is 1. The maximum Gasteiger partial charge on any atom is 0.336 e. The van der Waals surface area contributed by atoms with Crippen molar-refractivity contribution in [2.24, 2.45) is 0 Å². The summed E-state index contributed by atoms with van der Waals surface area (Å²) in [5.41, 5.74) is 1.51. The Morgan fingerprint density at radius 1 is 1.17 bits per heavy atom. The van der Waals surface area contributed by atoms with Crippen molar-refractivity contribution in [1.29, 1.82) is 0 Å². The summed E-state index contributed by atoms with van der Waals surface area (Å²) >= 11 is 0. The molecule has 0 bridgehead atoms. The zero-order valence-corrected chi connectivity index (χ0v) is 16.4. The van der Waals surface area contributed by atoms with Crippen LogP contribution in [0.1, 0.15) is 19.8 Å². The van der Waals surface area contributed by atoms with Crippen LogP contribution in [0.3, 0.4) is 0 Å². The van der Waals surface area contributed by atoms with Crippen LogP contribution in [0.4, 0.5) is 0 Å². The van der Waals surface area contributed by atoms with Gasteiger partial charge in [-0.15, -0.1) is 0 Å². The first-order valence-electron chi connectivity index (χ1n) is 9.77. The number of hydrogen-bond donors (Lipinski definition) is 1. The Balaban J connectivity index is 1.60. The molecule has 7 heteroatoms. The van der Waals surface area contributed by atoms with E-state index >= 15 is 0 Å². The van der Waals surface area contributed by atoms with E-state index in [1.54, 1.807) is 25.1 Å². The third kappa shape index (κ3) is 3.78. The molecule has 0 unspecified atom stereocenters. The molecule has 1 saturated heterocycles. The molecule has 4 rings (SSSR count). The molecule has 0 saturated carbocycles. The predicted octanol–water partition coefficient (Wildman–Crippen LogP) is 3.30. The standard InChI is InChI=1S/C23H21NO6/c1-14(22(26)24-11-5-8-19(24)23(27)28)29-16-9-10-17-18(15-6-3-2-4-7-15)13-21(25)30-20(17)12-16/h2-4,6-7,9-10,12-14,19H,5,8,11H2,1H3,(H,27,28)/t14-,19-/m0/s1. The van der Waals surface area contributed by atoms with Crippen LogP contribution in [0.15, 0.2) is 63.8 Å². The summed E-state index contributed by atoms with van der Waals surface area (Å²) in [5, 5.41) is 10.0. The monoisotopic (exact) mass is 407 g/mol. The van der Waals surface area contributed by atoms with Gasteiger partial charge in [0.15, 0.2) is 6.10 Å². The number of carbonyl (C=O) groups excluding carboxylic acids is 1. The smallest absolute Gasteiger partial charge is 0.336 e. The largest absolute Gasteiger partial charge is 0.481 e. The lowest BCUT2D eigenvalue weighted by molar-refractivity contribution is -0.150. The van der Waals surface area contributed by atoms with Gasteiger partial charge in [-0.2, -0.15) is 0 Å². The number of fused-ring (bicyclic) bond motifs is 1. The fourth-order valence-corrected chi connectivity index (χ4v) is 3.85. The Labute approximate surface area is 172 Å². The van der Waals surface area contributed by atoms with Gasteiger partial charge in [0.25, 0.3) is 5.91 Å². The van der Waals surface area contributed by atoms with E-state index in [9.17, 15) is 19.5 Å². The molecule has 1 N–H and O–H groups in total. The van der Waals surface area contributed by atoms with E-state index in [-0.39, 0.29) is 5.91 Å². The van der Waals surface area contributed by atoms with Crippen molar-refractivity contribution in [1.82, 2.24) is 4.90 Å². The van der Waals surface area contributed by atoms with E-state index in [0.29, 0.717) is 30.7 Å². The topological polar surface area (TPSA) is 97.0 Å². The van der Waals surface area contributed by atoms with Crippen LogP contribution in [0, 0.1) is 0 Å². The van der Waals surface area contributed by atoms with Crippen LogP contribution in [-0.4, -0.2) is 40.6 Å². The molecule has 2 atom stereocenters. The highest BCUT2D eigenvalue weighted by Gasteiger charge is 2.36. The zero-order chi connectivity index (χ0) is 21.3. The predicted molar refractivity (Wildman–Crippen MR) is 110 cm³/mol. The van der Waals surface area contributed by atoms with Crippen molar-refractivity contribution < 1.29 is 23.8 Å². The third-order valence-electron chi connectivity index (χ3n) is 5.28. The molecule has 7 nitrogen and oxygen atoms in total. The summed E-state index contributed by atoms with van der Waals surface area (Å²) in [6.45, 7) is 1.98. The van der Waals surface area contributed by atoms with Crippen LogP contribution in [0.2, 0.25) is 0 Å². The summed E-state index contributed by atoms with van der Waals surface area (Å²) in [4.78, 5) is 37.5. The Morgan fingerprint density at radius 3 is 2.67 bits per heavy atom. The highest BCUT2D eigenvalue weighted by molar-refractivity contribution is 5.94.